The Labute approximate surface area is 309 Å². The number of aromatic nitrogens is 3. The molecule has 0 unspecified atom stereocenters. The van der Waals surface area contributed by atoms with Crippen LogP contribution >= 0.6 is 0 Å². The predicted octanol–water partition coefficient (Wildman–Crippen LogP) is 12.8. The van der Waals surface area contributed by atoms with Crippen molar-refractivity contribution in [2.75, 3.05) is 0 Å². The highest BCUT2D eigenvalue weighted by atomic mass is 14.9. The van der Waals surface area contributed by atoms with Gasteiger partial charge < -0.3 is 0 Å². The zero-order valence-electron chi connectivity index (χ0n) is 29.6. The molecule has 10 rings (SSSR count). The van der Waals surface area contributed by atoms with E-state index in [-0.39, 0.29) is 5.41 Å². The normalized spacial score (nSPS) is 12.9. The van der Waals surface area contributed by atoms with E-state index < -0.39 is 0 Å². The molecule has 0 fully saturated rings. The second kappa shape index (κ2) is 12.2. The fourth-order valence-corrected chi connectivity index (χ4v) is 8.47. The van der Waals surface area contributed by atoms with Gasteiger partial charge in [-0.3, -0.25) is 4.98 Å². The quantitative estimate of drug-likeness (QED) is 0.182. The third kappa shape index (κ3) is 5.08. The van der Waals surface area contributed by atoms with Gasteiger partial charge in [0, 0.05) is 40.1 Å². The Morgan fingerprint density at radius 2 is 1.09 bits per heavy atom. The molecule has 0 spiro atoms. The van der Waals surface area contributed by atoms with Crippen LogP contribution in [0.4, 0.5) is 0 Å². The van der Waals surface area contributed by atoms with Crippen molar-refractivity contribution < 1.29 is 0 Å². The molecule has 3 heteroatoms. The van der Waals surface area contributed by atoms with Crippen LogP contribution in [-0.2, 0) is 5.41 Å². The number of benzene rings is 7. The van der Waals surface area contributed by atoms with Gasteiger partial charge in [0.05, 0.1) is 11.4 Å². The molecular weight excluding hydrogens is 643 g/mol. The first-order valence-electron chi connectivity index (χ1n) is 18.2. The lowest BCUT2D eigenvalue weighted by Crippen LogP contribution is -2.16. The Hall–Kier alpha value is -6.71. The molecule has 7 aromatic carbocycles. The summed E-state index contributed by atoms with van der Waals surface area (Å²) < 4.78 is 0. The third-order valence-corrected chi connectivity index (χ3v) is 11.0. The molecule has 0 bridgehead atoms. The van der Waals surface area contributed by atoms with Crippen molar-refractivity contribution in [3.8, 4) is 67.3 Å². The molecule has 0 saturated carbocycles. The first kappa shape index (κ1) is 31.1. The van der Waals surface area contributed by atoms with Gasteiger partial charge in [-0.15, -0.1) is 0 Å². The minimum Gasteiger partial charge on any atom is -0.264 e. The topological polar surface area (TPSA) is 38.7 Å². The largest absolute Gasteiger partial charge is 0.264 e. The fourth-order valence-electron chi connectivity index (χ4n) is 8.47. The molecule has 0 atom stereocenters. The van der Waals surface area contributed by atoms with Gasteiger partial charge in [-0.25, -0.2) is 9.97 Å². The van der Waals surface area contributed by atoms with Crippen LogP contribution in [-0.4, -0.2) is 15.0 Å². The molecule has 1 aliphatic rings. The number of rotatable bonds is 5. The average molecular weight is 678 g/mol. The first-order chi connectivity index (χ1) is 26.0. The number of pyridine rings is 1. The van der Waals surface area contributed by atoms with Crippen molar-refractivity contribution in [1.82, 2.24) is 15.0 Å². The third-order valence-electron chi connectivity index (χ3n) is 11.0. The van der Waals surface area contributed by atoms with E-state index in [9.17, 15) is 0 Å². The maximum atomic E-state index is 5.25. The van der Waals surface area contributed by atoms with Gasteiger partial charge in [0.25, 0.3) is 0 Å². The van der Waals surface area contributed by atoms with Crippen molar-refractivity contribution in [2.45, 2.75) is 19.3 Å². The van der Waals surface area contributed by atoms with E-state index in [0.29, 0.717) is 5.82 Å². The monoisotopic (exact) mass is 677 g/mol. The molecule has 2 aromatic heterocycles. The number of fused-ring (bicyclic) bond motifs is 6. The lowest BCUT2D eigenvalue weighted by molar-refractivity contribution is 0.662. The highest BCUT2D eigenvalue weighted by Crippen LogP contribution is 2.55. The minimum atomic E-state index is -0.165. The van der Waals surface area contributed by atoms with E-state index in [4.69, 9.17) is 9.97 Å². The van der Waals surface area contributed by atoms with Crippen LogP contribution in [0.1, 0.15) is 25.0 Å². The lowest BCUT2D eigenvalue weighted by Gasteiger charge is -2.25. The van der Waals surface area contributed by atoms with Crippen molar-refractivity contribution in [1.29, 1.82) is 0 Å². The van der Waals surface area contributed by atoms with Crippen LogP contribution in [0, 0.1) is 0 Å². The van der Waals surface area contributed by atoms with Gasteiger partial charge in [0.1, 0.15) is 0 Å². The van der Waals surface area contributed by atoms with Gasteiger partial charge in [-0.05, 0) is 78.7 Å². The fraction of sp³-hybridized carbons (Fsp3) is 0.0600. The maximum Gasteiger partial charge on any atom is 0.160 e. The van der Waals surface area contributed by atoms with E-state index in [0.717, 1.165) is 44.6 Å². The maximum absolute atomic E-state index is 5.25. The summed E-state index contributed by atoms with van der Waals surface area (Å²) in [6.45, 7) is 4.76. The molecule has 2 heterocycles. The summed E-state index contributed by atoms with van der Waals surface area (Å²) in [5.74, 6) is 0.700. The van der Waals surface area contributed by atoms with E-state index in [1.807, 2.05) is 30.5 Å². The van der Waals surface area contributed by atoms with Gasteiger partial charge >= 0.3 is 0 Å². The van der Waals surface area contributed by atoms with Crippen LogP contribution in [0.15, 0.2) is 176 Å². The summed E-state index contributed by atoms with van der Waals surface area (Å²) in [4.78, 5) is 14.8. The zero-order valence-corrected chi connectivity index (χ0v) is 29.6. The molecule has 0 saturated heterocycles. The Kier molecular flexibility index (Phi) is 7.16. The molecule has 9 aromatic rings. The summed E-state index contributed by atoms with van der Waals surface area (Å²) in [5.41, 5.74) is 14.8. The van der Waals surface area contributed by atoms with Crippen LogP contribution in [0.5, 0.6) is 0 Å². The minimum absolute atomic E-state index is 0.165. The van der Waals surface area contributed by atoms with Crippen LogP contribution in [0.25, 0.3) is 88.8 Å². The highest BCUT2D eigenvalue weighted by molar-refractivity contribution is 6.08. The van der Waals surface area contributed by atoms with E-state index in [1.54, 1.807) is 6.20 Å². The second-order valence-corrected chi connectivity index (χ2v) is 14.4. The van der Waals surface area contributed by atoms with Gasteiger partial charge in [0.15, 0.2) is 5.82 Å². The van der Waals surface area contributed by atoms with Gasteiger partial charge in [-0.2, -0.15) is 0 Å². The lowest BCUT2D eigenvalue weighted by atomic mass is 9.78. The van der Waals surface area contributed by atoms with Crippen molar-refractivity contribution in [2.24, 2.45) is 0 Å². The van der Waals surface area contributed by atoms with Crippen LogP contribution in [0.2, 0.25) is 0 Å². The molecule has 0 amide bonds. The molecule has 1 aliphatic carbocycles. The summed E-state index contributed by atoms with van der Waals surface area (Å²) in [6, 6.07) is 58.6. The van der Waals surface area contributed by atoms with E-state index >= 15 is 0 Å². The zero-order chi connectivity index (χ0) is 35.5. The smallest absolute Gasteiger partial charge is 0.160 e. The highest BCUT2D eigenvalue weighted by Gasteiger charge is 2.38. The van der Waals surface area contributed by atoms with E-state index in [2.05, 4.69) is 158 Å². The molecule has 0 N–H and O–H groups in total. The first-order valence-corrected chi connectivity index (χ1v) is 18.2. The Morgan fingerprint density at radius 1 is 0.434 bits per heavy atom. The molecule has 53 heavy (non-hydrogen) atoms. The van der Waals surface area contributed by atoms with Gasteiger partial charge in [-0.1, -0.05) is 159 Å². The summed E-state index contributed by atoms with van der Waals surface area (Å²) in [7, 11) is 0. The average Bonchev–Trinajstić information content (AvgIpc) is 3.47. The van der Waals surface area contributed by atoms with Crippen molar-refractivity contribution >= 4 is 21.5 Å². The van der Waals surface area contributed by atoms with Crippen molar-refractivity contribution in [3.63, 3.8) is 0 Å². The van der Waals surface area contributed by atoms with Crippen LogP contribution in [0.3, 0.4) is 0 Å². The number of hydrogen-bond donors (Lipinski definition) is 0. The molecule has 0 aliphatic heterocycles. The molecular formula is C50H35N3. The van der Waals surface area contributed by atoms with Crippen molar-refractivity contribution in [3.05, 3.63) is 187 Å². The van der Waals surface area contributed by atoms with Gasteiger partial charge in [0.2, 0.25) is 0 Å². The summed E-state index contributed by atoms with van der Waals surface area (Å²) in [6.07, 6.45) is 3.70. The standard InChI is InChI=1S/C50H35N3/c1-50(2)44-27-24-32-13-6-7-19-37(32)47(44)43-23-11-22-42(48(43)50)40-25-26-41(39-21-9-8-20-38(39)40)46-30-45(52-49(53-46)33-14-4-3-5-15-33)35-17-10-16-34(29-35)36-18-12-28-51-31-36/h3-31H,1-2H3. The number of nitrogens with zero attached hydrogens (tertiary/aromatic N) is 3. The van der Waals surface area contributed by atoms with Crippen LogP contribution < -0.4 is 0 Å². The summed E-state index contributed by atoms with van der Waals surface area (Å²) in [5, 5.41) is 4.95. The molecule has 0 radical (unpaired) electrons. The second-order valence-electron chi connectivity index (χ2n) is 14.4. The SMILES string of the molecule is CC1(C)c2ccc3ccccc3c2-c2cccc(-c3ccc(-c4cc(-c5cccc(-c6cccnc6)c5)nc(-c5ccccc5)n4)c4ccccc34)c21. The molecule has 3 nitrogen and oxygen atoms in total. The van der Waals surface area contributed by atoms with E-state index in [1.165, 1.54) is 49.5 Å². The summed E-state index contributed by atoms with van der Waals surface area (Å²) >= 11 is 0. The Bertz CT molecular complexity index is 2860. The Morgan fingerprint density at radius 3 is 1.92 bits per heavy atom. The number of hydrogen-bond acceptors (Lipinski definition) is 3. The predicted molar refractivity (Wildman–Crippen MR) is 220 cm³/mol. The molecule has 250 valence electrons. The Balaban J connectivity index is 1.16.